The first-order valence-corrected chi connectivity index (χ1v) is 6.92. The van der Waals surface area contributed by atoms with Gasteiger partial charge in [-0.1, -0.05) is 54.6 Å². The first-order valence-electron chi connectivity index (χ1n) is 6.92. The molecule has 4 heteroatoms. The van der Waals surface area contributed by atoms with Crippen LogP contribution < -0.4 is 5.73 Å². The molecule has 0 atom stereocenters. The summed E-state index contributed by atoms with van der Waals surface area (Å²) in [6.07, 6.45) is 0. The highest BCUT2D eigenvalue weighted by atomic mass is 15.3. The number of nitrogens with one attached hydrogen (secondary N) is 1. The Balaban J connectivity index is 1.94. The largest absolute Gasteiger partial charge is 0.368 e. The lowest BCUT2D eigenvalue weighted by molar-refractivity contribution is 0.593. The van der Waals surface area contributed by atoms with Crippen LogP contribution in [0.5, 0.6) is 0 Å². The highest BCUT2D eigenvalue weighted by Crippen LogP contribution is 2.30. The number of nitrogens with two attached hydrogens (primary N) is 1. The second kappa shape index (κ2) is 5.05. The second-order valence-electron chi connectivity index (χ2n) is 5.61. The molecule has 3 aromatic rings. The highest BCUT2D eigenvalue weighted by Gasteiger charge is 2.27. The third kappa shape index (κ3) is 2.52. The Morgan fingerprint density at radius 2 is 1.52 bits per heavy atom. The van der Waals surface area contributed by atoms with E-state index in [-0.39, 0.29) is 5.41 Å². The molecule has 3 N–H and O–H groups in total. The van der Waals surface area contributed by atoms with E-state index < -0.39 is 0 Å². The van der Waals surface area contributed by atoms with Gasteiger partial charge in [0.25, 0.3) is 0 Å². The number of H-pyrrole nitrogens is 1. The van der Waals surface area contributed by atoms with Crippen molar-refractivity contribution in [3.05, 3.63) is 66.0 Å². The fourth-order valence-electron chi connectivity index (χ4n) is 2.39. The SMILES string of the molecule is CC(C)(c1ccc(-c2ccccc2)cc1)c1n[nH]c(N)n1. The van der Waals surface area contributed by atoms with Crippen molar-refractivity contribution in [1.29, 1.82) is 0 Å². The molecule has 0 amide bonds. The molecule has 1 heterocycles. The van der Waals surface area contributed by atoms with E-state index in [1.807, 2.05) is 18.2 Å². The summed E-state index contributed by atoms with van der Waals surface area (Å²) in [4.78, 5) is 4.25. The number of anilines is 1. The zero-order valence-electron chi connectivity index (χ0n) is 12.2. The summed E-state index contributed by atoms with van der Waals surface area (Å²) in [6.45, 7) is 4.18. The Morgan fingerprint density at radius 3 is 2.10 bits per heavy atom. The quantitative estimate of drug-likeness (QED) is 0.771. The van der Waals surface area contributed by atoms with Gasteiger partial charge in [0, 0.05) is 0 Å². The van der Waals surface area contributed by atoms with Gasteiger partial charge in [-0.3, -0.25) is 0 Å². The van der Waals surface area contributed by atoms with Crippen molar-refractivity contribution >= 4 is 5.95 Å². The van der Waals surface area contributed by atoms with Crippen molar-refractivity contribution in [2.24, 2.45) is 0 Å². The number of aromatic nitrogens is 3. The van der Waals surface area contributed by atoms with Crippen molar-refractivity contribution in [2.75, 3.05) is 5.73 Å². The van der Waals surface area contributed by atoms with Crippen LogP contribution in [0.4, 0.5) is 5.95 Å². The van der Waals surface area contributed by atoms with Crippen molar-refractivity contribution < 1.29 is 0 Å². The van der Waals surface area contributed by atoms with Crippen molar-refractivity contribution in [3.8, 4) is 11.1 Å². The van der Waals surface area contributed by atoms with Crippen LogP contribution >= 0.6 is 0 Å². The Labute approximate surface area is 124 Å². The number of aromatic amines is 1. The molecule has 0 saturated heterocycles. The zero-order chi connectivity index (χ0) is 14.9. The topological polar surface area (TPSA) is 67.6 Å². The second-order valence-corrected chi connectivity index (χ2v) is 5.61. The third-order valence-electron chi connectivity index (χ3n) is 3.78. The van der Waals surface area contributed by atoms with Gasteiger partial charge in [0.2, 0.25) is 5.95 Å². The minimum absolute atomic E-state index is 0.288. The van der Waals surface area contributed by atoms with Gasteiger partial charge in [-0.05, 0) is 30.5 Å². The third-order valence-corrected chi connectivity index (χ3v) is 3.78. The summed E-state index contributed by atoms with van der Waals surface area (Å²) in [6, 6.07) is 18.8. The predicted octanol–water partition coefficient (Wildman–Crippen LogP) is 3.38. The van der Waals surface area contributed by atoms with Crippen LogP contribution in [-0.4, -0.2) is 15.2 Å². The minimum atomic E-state index is -0.288. The molecule has 0 aliphatic heterocycles. The van der Waals surface area contributed by atoms with Gasteiger partial charge < -0.3 is 5.73 Å². The fourth-order valence-corrected chi connectivity index (χ4v) is 2.39. The van der Waals surface area contributed by atoms with Crippen LogP contribution in [-0.2, 0) is 5.41 Å². The number of benzene rings is 2. The van der Waals surface area contributed by atoms with Gasteiger partial charge in [-0.2, -0.15) is 10.1 Å². The molecule has 2 aromatic carbocycles. The predicted molar refractivity (Wildman–Crippen MR) is 84.8 cm³/mol. The molecule has 0 radical (unpaired) electrons. The van der Waals surface area contributed by atoms with E-state index in [0.29, 0.717) is 11.8 Å². The lowest BCUT2D eigenvalue weighted by atomic mass is 9.83. The van der Waals surface area contributed by atoms with E-state index in [1.54, 1.807) is 0 Å². The van der Waals surface area contributed by atoms with Crippen LogP contribution in [0.1, 0.15) is 25.2 Å². The average molecular weight is 278 g/mol. The molecule has 106 valence electrons. The maximum atomic E-state index is 5.62. The van der Waals surface area contributed by atoms with Crippen molar-refractivity contribution in [2.45, 2.75) is 19.3 Å². The molecule has 0 saturated carbocycles. The van der Waals surface area contributed by atoms with E-state index in [1.165, 1.54) is 11.1 Å². The Morgan fingerprint density at radius 1 is 0.905 bits per heavy atom. The number of nitrogens with zero attached hydrogens (tertiary/aromatic N) is 2. The lowest BCUT2D eigenvalue weighted by Crippen LogP contribution is -2.20. The van der Waals surface area contributed by atoms with Gasteiger partial charge in [0.15, 0.2) is 5.82 Å². The summed E-state index contributed by atoms with van der Waals surface area (Å²) >= 11 is 0. The van der Waals surface area contributed by atoms with Crippen LogP contribution in [0.15, 0.2) is 54.6 Å². The van der Waals surface area contributed by atoms with Gasteiger partial charge in [-0.25, -0.2) is 5.10 Å². The van der Waals surface area contributed by atoms with Crippen LogP contribution in [0.25, 0.3) is 11.1 Å². The molecule has 0 aliphatic carbocycles. The van der Waals surface area contributed by atoms with Gasteiger partial charge in [0.05, 0.1) is 5.41 Å². The zero-order valence-corrected chi connectivity index (χ0v) is 12.2. The molecule has 4 nitrogen and oxygen atoms in total. The lowest BCUT2D eigenvalue weighted by Gasteiger charge is -2.21. The summed E-state index contributed by atoms with van der Waals surface area (Å²) in [5, 5.41) is 6.88. The smallest absolute Gasteiger partial charge is 0.216 e. The maximum absolute atomic E-state index is 5.62. The highest BCUT2D eigenvalue weighted by molar-refractivity contribution is 5.63. The average Bonchev–Trinajstić information content (AvgIpc) is 2.96. The molecule has 1 aromatic heterocycles. The van der Waals surface area contributed by atoms with E-state index in [4.69, 9.17) is 5.73 Å². The normalized spacial score (nSPS) is 11.5. The maximum Gasteiger partial charge on any atom is 0.216 e. The van der Waals surface area contributed by atoms with Crippen molar-refractivity contribution in [1.82, 2.24) is 15.2 Å². The van der Waals surface area contributed by atoms with Crippen LogP contribution in [0.3, 0.4) is 0 Å². The molecular weight excluding hydrogens is 260 g/mol. The molecule has 3 rings (SSSR count). The minimum Gasteiger partial charge on any atom is -0.368 e. The Bertz CT molecular complexity index is 727. The first-order chi connectivity index (χ1) is 10.1. The standard InChI is InChI=1S/C17H18N4/c1-17(2,15-19-16(18)21-20-15)14-10-8-13(9-11-14)12-6-4-3-5-7-12/h3-11H,1-2H3,(H3,18,19,20,21). The molecule has 0 aliphatic rings. The van der Waals surface area contributed by atoms with Gasteiger partial charge in [0.1, 0.15) is 0 Å². The molecule has 0 spiro atoms. The first kappa shape index (κ1) is 13.4. The Hall–Kier alpha value is -2.62. The molecule has 0 unspecified atom stereocenters. The number of hydrogen-bond acceptors (Lipinski definition) is 3. The van der Waals surface area contributed by atoms with E-state index >= 15 is 0 Å². The fraction of sp³-hybridized carbons (Fsp3) is 0.176. The van der Waals surface area contributed by atoms with E-state index in [2.05, 4.69) is 65.4 Å². The van der Waals surface area contributed by atoms with E-state index in [9.17, 15) is 0 Å². The summed E-state index contributed by atoms with van der Waals surface area (Å²) in [7, 11) is 0. The molecular formula is C17H18N4. The number of rotatable bonds is 3. The van der Waals surface area contributed by atoms with Gasteiger partial charge in [-0.15, -0.1) is 0 Å². The molecule has 0 bridgehead atoms. The summed E-state index contributed by atoms with van der Waals surface area (Å²) in [5.74, 6) is 1.05. The van der Waals surface area contributed by atoms with Crippen molar-refractivity contribution in [3.63, 3.8) is 0 Å². The molecule has 21 heavy (non-hydrogen) atoms. The number of nitrogen functional groups attached to an aromatic ring is 1. The van der Waals surface area contributed by atoms with Crippen LogP contribution in [0, 0.1) is 0 Å². The van der Waals surface area contributed by atoms with Crippen LogP contribution in [0.2, 0.25) is 0 Å². The van der Waals surface area contributed by atoms with Gasteiger partial charge >= 0.3 is 0 Å². The Kier molecular flexibility index (Phi) is 3.22. The number of hydrogen-bond donors (Lipinski definition) is 2. The van der Waals surface area contributed by atoms with E-state index in [0.717, 1.165) is 5.56 Å². The summed E-state index contributed by atoms with van der Waals surface area (Å²) in [5.41, 5.74) is 8.90. The monoisotopic (exact) mass is 278 g/mol. The summed E-state index contributed by atoms with van der Waals surface area (Å²) < 4.78 is 0. The molecule has 0 fully saturated rings.